The fourth-order valence-electron chi connectivity index (χ4n) is 1.66. The first-order valence-electron chi connectivity index (χ1n) is 5.35. The smallest absolute Gasteiger partial charge is 0.238 e. The molecule has 6 nitrogen and oxygen atoms in total. The Labute approximate surface area is 106 Å². The predicted octanol–water partition coefficient (Wildman–Crippen LogP) is 0.547. The zero-order valence-electron chi connectivity index (χ0n) is 9.75. The van der Waals surface area contributed by atoms with Crippen molar-refractivity contribution in [3.05, 3.63) is 23.8 Å². The van der Waals surface area contributed by atoms with Gasteiger partial charge in [0, 0.05) is 5.69 Å². The molecular formula is C10H14N2O4S2. The zero-order valence-corrected chi connectivity index (χ0v) is 11.4. The van der Waals surface area contributed by atoms with Crippen LogP contribution < -0.4 is 9.86 Å². The fraction of sp³-hybridized carbons (Fsp3) is 0.400. The predicted molar refractivity (Wildman–Crippen MR) is 68.1 cm³/mol. The first kappa shape index (κ1) is 13.3. The van der Waals surface area contributed by atoms with Gasteiger partial charge < -0.3 is 0 Å². The lowest BCUT2D eigenvalue weighted by Gasteiger charge is -2.09. The summed E-state index contributed by atoms with van der Waals surface area (Å²) in [5, 5.41) is 4.70. The highest BCUT2D eigenvalue weighted by Gasteiger charge is 2.35. The maximum atomic E-state index is 11.7. The Kier molecular flexibility index (Phi) is 3.12. The van der Waals surface area contributed by atoms with Crippen LogP contribution >= 0.6 is 0 Å². The van der Waals surface area contributed by atoms with Crippen molar-refractivity contribution in [3.63, 3.8) is 0 Å². The molecule has 1 aromatic rings. The van der Waals surface area contributed by atoms with Crippen molar-refractivity contribution in [2.45, 2.75) is 29.9 Å². The average Bonchev–Trinajstić information content (AvgIpc) is 2.97. The zero-order chi connectivity index (χ0) is 13.6. The summed E-state index contributed by atoms with van der Waals surface area (Å²) < 4.78 is 48.3. The van der Waals surface area contributed by atoms with Crippen molar-refractivity contribution in [1.82, 2.24) is 0 Å². The van der Waals surface area contributed by atoms with E-state index in [-0.39, 0.29) is 10.1 Å². The van der Waals surface area contributed by atoms with E-state index in [1.165, 1.54) is 18.2 Å². The molecule has 0 aliphatic heterocycles. The SMILES string of the molecule is Cc1cc(NS(=O)(=O)C2CC2)ccc1S(N)(=O)=O. The minimum absolute atomic E-state index is 0.00290. The van der Waals surface area contributed by atoms with Crippen molar-refractivity contribution in [1.29, 1.82) is 0 Å². The average molecular weight is 290 g/mol. The molecule has 8 heteroatoms. The maximum Gasteiger partial charge on any atom is 0.238 e. The van der Waals surface area contributed by atoms with Crippen LogP contribution in [0.4, 0.5) is 5.69 Å². The number of hydrogen-bond donors (Lipinski definition) is 2. The van der Waals surface area contributed by atoms with Crippen molar-refractivity contribution in [2.24, 2.45) is 5.14 Å². The Bertz CT molecular complexity index is 676. The fourth-order valence-corrected chi connectivity index (χ4v) is 3.80. The second-order valence-corrected chi connectivity index (χ2v) is 7.86. The number of nitrogens with one attached hydrogen (secondary N) is 1. The molecular weight excluding hydrogens is 276 g/mol. The van der Waals surface area contributed by atoms with Crippen LogP contribution in [-0.2, 0) is 20.0 Å². The molecule has 1 aromatic carbocycles. The molecule has 1 aliphatic carbocycles. The van der Waals surface area contributed by atoms with Gasteiger partial charge in [-0.15, -0.1) is 0 Å². The number of aryl methyl sites for hydroxylation is 1. The van der Waals surface area contributed by atoms with Crippen LogP contribution in [0.5, 0.6) is 0 Å². The van der Waals surface area contributed by atoms with Gasteiger partial charge in [-0.2, -0.15) is 0 Å². The van der Waals surface area contributed by atoms with E-state index in [0.29, 0.717) is 24.1 Å². The quantitative estimate of drug-likeness (QED) is 0.844. The summed E-state index contributed by atoms with van der Waals surface area (Å²) in [7, 11) is -7.11. The lowest BCUT2D eigenvalue weighted by Crippen LogP contribution is -2.18. The Morgan fingerprint density at radius 2 is 1.83 bits per heavy atom. The minimum Gasteiger partial charge on any atom is -0.283 e. The number of nitrogens with two attached hydrogens (primary N) is 1. The van der Waals surface area contributed by atoms with E-state index in [1.54, 1.807) is 6.92 Å². The van der Waals surface area contributed by atoms with E-state index in [2.05, 4.69) is 4.72 Å². The van der Waals surface area contributed by atoms with Gasteiger partial charge in [0.25, 0.3) is 0 Å². The van der Waals surface area contributed by atoms with Crippen LogP contribution in [0.15, 0.2) is 23.1 Å². The molecule has 0 saturated heterocycles. The number of primary sulfonamides is 1. The van der Waals surface area contributed by atoms with E-state index in [1.807, 2.05) is 0 Å². The molecule has 0 spiro atoms. The summed E-state index contributed by atoms with van der Waals surface area (Å²) >= 11 is 0. The summed E-state index contributed by atoms with van der Waals surface area (Å²) in [6, 6.07) is 4.15. The highest BCUT2D eigenvalue weighted by atomic mass is 32.2. The molecule has 2 rings (SSSR count). The number of benzene rings is 1. The Balaban J connectivity index is 2.30. The van der Waals surface area contributed by atoms with Gasteiger partial charge >= 0.3 is 0 Å². The monoisotopic (exact) mass is 290 g/mol. The second-order valence-electron chi connectivity index (χ2n) is 4.37. The van der Waals surface area contributed by atoms with Crippen LogP contribution in [0.1, 0.15) is 18.4 Å². The van der Waals surface area contributed by atoms with Gasteiger partial charge in [0.15, 0.2) is 0 Å². The van der Waals surface area contributed by atoms with Crippen LogP contribution in [0, 0.1) is 6.92 Å². The third-order valence-electron chi connectivity index (χ3n) is 2.70. The topological polar surface area (TPSA) is 106 Å². The third kappa shape index (κ3) is 2.82. The molecule has 0 radical (unpaired) electrons. The lowest BCUT2D eigenvalue weighted by atomic mass is 10.2. The number of hydrogen-bond acceptors (Lipinski definition) is 4. The molecule has 0 unspecified atom stereocenters. The summed E-state index contributed by atoms with van der Waals surface area (Å²) in [6.45, 7) is 1.56. The first-order valence-corrected chi connectivity index (χ1v) is 8.44. The number of anilines is 1. The van der Waals surface area contributed by atoms with E-state index >= 15 is 0 Å². The lowest BCUT2D eigenvalue weighted by molar-refractivity contribution is 0.597. The minimum atomic E-state index is -3.78. The van der Waals surface area contributed by atoms with Gasteiger partial charge in [-0.25, -0.2) is 22.0 Å². The summed E-state index contributed by atoms with van der Waals surface area (Å²) in [5.74, 6) is 0. The summed E-state index contributed by atoms with van der Waals surface area (Å²) in [4.78, 5) is -0.00290. The molecule has 18 heavy (non-hydrogen) atoms. The molecule has 1 aliphatic rings. The molecule has 0 bridgehead atoms. The summed E-state index contributed by atoms with van der Waals surface area (Å²) in [6.07, 6.45) is 1.34. The molecule has 0 heterocycles. The maximum absolute atomic E-state index is 11.7. The molecule has 1 saturated carbocycles. The highest BCUT2D eigenvalue weighted by molar-refractivity contribution is 7.93. The molecule has 3 N–H and O–H groups in total. The van der Waals surface area contributed by atoms with Gasteiger partial charge in [0.1, 0.15) is 0 Å². The van der Waals surface area contributed by atoms with Gasteiger partial charge in [0.2, 0.25) is 20.0 Å². The van der Waals surface area contributed by atoms with Gasteiger partial charge in [-0.3, -0.25) is 4.72 Å². The van der Waals surface area contributed by atoms with E-state index in [0.717, 1.165) is 0 Å². The van der Waals surface area contributed by atoms with Crippen LogP contribution in [0.3, 0.4) is 0 Å². The first-order chi connectivity index (χ1) is 8.20. The molecule has 0 atom stereocenters. The van der Waals surface area contributed by atoms with Crippen molar-refractivity contribution < 1.29 is 16.8 Å². The van der Waals surface area contributed by atoms with Gasteiger partial charge in [-0.05, 0) is 43.5 Å². The van der Waals surface area contributed by atoms with Gasteiger partial charge in [-0.1, -0.05) is 0 Å². The Hall–Kier alpha value is -1.12. The van der Waals surface area contributed by atoms with Crippen LogP contribution in [0.25, 0.3) is 0 Å². The molecule has 0 aromatic heterocycles. The largest absolute Gasteiger partial charge is 0.283 e. The van der Waals surface area contributed by atoms with Crippen molar-refractivity contribution in [2.75, 3.05) is 4.72 Å². The second kappa shape index (κ2) is 4.22. The molecule has 1 fully saturated rings. The molecule has 100 valence electrons. The van der Waals surface area contributed by atoms with Crippen LogP contribution in [-0.4, -0.2) is 22.1 Å². The van der Waals surface area contributed by atoms with Crippen LogP contribution in [0.2, 0.25) is 0 Å². The summed E-state index contributed by atoms with van der Waals surface area (Å²) in [5.41, 5.74) is 0.764. The third-order valence-corrected chi connectivity index (χ3v) is 5.65. The van der Waals surface area contributed by atoms with E-state index in [4.69, 9.17) is 5.14 Å². The normalized spacial score (nSPS) is 16.6. The highest BCUT2D eigenvalue weighted by Crippen LogP contribution is 2.30. The number of sulfonamides is 2. The van der Waals surface area contributed by atoms with E-state index < -0.39 is 20.0 Å². The Morgan fingerprint density at radius 3 is 2.28 bits per heavy atom. The number of rotatable bonds is 4. The molecule has 0 amide bonds. The van der Waals surface area contributed by atoms with Gasteiger partial charge in [0.05, 0.1) is 10.1 Å². The Morgan fingerprint density at radius 1 is 1.22 bits per heavy atom. The van der Waals surface area contributed by atoms with E-state index in [9.17, 15) is 16.8 Å². The van der Waals surface area contributed by atoms with Crippen molar-refractivity contribution in [3.8, 4) is 0 Å². The standard InChI is InChI=1S/C10H14N2O4S2/c1-7-6-8(2-5-10(7)17(11,13)14)12-18(15,16)9-3-4-9/h2,5-6,9,12H,3-4H2,1H3,(H2,11,13,14). The van der Waals surface area contributed by atoms with Crippen molar-refractivity contribution >= 4 is 25.7 Å².